The van der Waals surface area contributed by atoms with Gasteiger partial charge in [-0.2, -0.15) is 0 Å². The summed E-state index contributed by atoms with van der Waals surface area (Å²) in [5.41, 5.74) is 0.857. The van der Waals surface area contributed by atoms with Crippen LogP contribution in [0.25, 0.3) is 0 Å². The first-order valence-electron chi connectivity index (χ1n) is 6.92. The highest BCUT2D eigenvalue weighted by atomic mass is 19.1. The number of hydrogen-bond donors (Lipinski definition) is 1. The van der Waals surface area contributed by atoms with E-state index in [1.807, 2.05) is 6.07 Å². The standard InChI is InChI=1S/C15H23FN2O3/c1-20-10-8-18(9-11-21-2)15(19)17-7-6-13-4-3-5-14(16)12-13/h3-5,12H,6-11H2,1-2H3,(H,17,19). The molecule has 0 aliphatic carbocycles. The van der Waals surface area contributed by atoms with E-state index in [1.165, 1.54) is 12.1 Å². The Bertz CT molecular complexity index is 421. The molecule has 0 unspecified atom stereocenters. The molecule has 1 rings (SSSR count). The van der Waals surface area contributed by atoms with Crippen LogP contribution in [0, 0.1) is 5.82 Å². The van der Waals surface area contributed by atoms with Gasteiger partial charge in [-0.05, 0) is 24.1 Å². The fourth-order valence-corrected chi connectivity index (χ4v) is 1.84. The molecular weight excluding hydrogens is 275 g/mol. The van der Waals surface area contributed by atoms with Gasteiger partial charge in [0.15, 0.2) is 0 Å². The molecule has 0 spiro atoms. The first-order valence-corrected chi connectivity index (χ1v) is 6.92. The monoisotopic (exact) mass is 298 g/mol. The SMILES string of the molecule is COCCN(CCOC)C(=O)NCCc1cccc(F)c1. The van der Waals surface area contributed by atoms with Crippen molar-refractivity contribution in [3.8, 4) is 0 Å². The average Bonchev–Trinajstić information content (AvgIpc) is 2.47. The fourth-order valence-electron chi connectivity index (χ4n) is 1.84. The van der Waals surface area contributed by atoms with E-state index in [-0.39, 0.29) is 11.8 Å². The van der Waals surface area contributed by atoms with Crippen LogP contribution in [0.1, 0.15) is 5.56 Å². The third-order valence-electron chi connectivity index (χ3n) is 3.00. The number of nitrogens with zero attached hydrogens (tertiary/aromatic N) is 1. The van der Waals surface area contributed by atoms with E-state index < -0.39 is 0 Å². The van der Waals surface area contributed by atoms with Crippen molar-refractivity contribution < 1.29 is 18.7 Å². The van der Waals surface area contributed by atoms with Crippen LogP contribution in [-0.2, 0) is 15.9 Å². The van der Waals surface area contributed by atoms with Gasteiger partial charge in [0.25, 0.3) is 0 Å². The number of urea groups is 1. The highest BCUT2D eigenvalue weighted by molar-refractivity contribution is 5.74. The molecule has 0 aromatic heterocycles. The number of benzene rings is 1. The van der Waals surface area contributed by atoms with Crippen molar-refractivity contribution in [1.82, 2.24) is 10.2 Å². The Morgan fingerprint density at radius 2 is 1.90 bits per heavy atom. The Morgan fingerprint density at radius 3 is 2.48 bits per heavy atom. The highest BCUT2D eigenvalue weighted by Gasteiger charge is 2.12. The molecule has 0 heterocycles. The van der Waals surface area contributed by atoms with Crippen LogP contribution in [-0.4, -0.2) is 58.0 Å². The first kappa shape index (κ1) is 17.4. The molecule has 0 atom stereocenters. The van der Waals surface area contributed by atoms with Crippen LogP contribution >= 0.6 is 0 Å². The molecule has 21 heavy (non-hydrogen) atoms. The lowest BCUT2D eigenvalue weighted by Crippen LogP contribution is -2.43. The number of hydrogen-bond acceptors (Lipinski definition) is 3. The van der Waals surface area contributed by atoms with Crippen LogP contribution in [0.4, 0.5) is 9.18 Å². The molecule has 5 nitrogen and oxygen atoms in total. The molecule has 0 saturated carbocycles. The average molecular weight is 298 g/mol. The number of carbonyl (C=O) groups is 1. The zero-order valence-electron chi connectivity index (χ0n) is 12.6. The third kappa shape index (κ3) is 7.06. The van der Waals surface area contributed by atoms with E-state index >= 15 is 0 Å². The molecule has 6 heteroatoms. The van der Waals surface area contributed by atoms with Crippen LogP contribution in [0.5, 0.6) is 0 Å². The quantitative estimate of drug-likeness (QED) is 0.754. The summed E-state index contributed by atoms with van der Waals surface area (Å²) < 4.78 is 23.0. The van der Waals surface area contributed by atoms with Crippen LogP contribution in [0.2, 0.25) is 0 Å². The first-order chi connectivity index (χ1) is 10.2. The minimum absolute atomic E-state index is 0.166. The van der Waals surface area contributed by atoms with Crippen molar-refractivity contribution in [3.63, 3.8) is 0 Å². The molecule has 0 saturated heterocycles. The van der Waals surface area contributed by atoms with E-state index in [0.29, 0.717) is 39.3 Å². The molecule has 1 aromatic carbocycles. The Hall–Kier alpha value is -1.66. The minimum atomic E-state index is -0.263. The molecule has 118 valence electrons. The van der Waals surface area contributed by atoms with Gasteiger partial charge in [0.05, 0.1) is 13.2 Å². The Kier molecular flexibility index (Phi) is 8.38. The topological polar surface area (TPSA) is 50.8 Å². The summed E-state index contributed by atoms with van der Waals surface area (Å²) in [6, 6.07) is 6.21. The van der Waals surface area contributed by atoms with Crippen LogP contribution < -0.4 is 5.32 Å². The molecule has 1 N–H and O–H groups in total. The van der Waals surface area contributed by atoms with Crippen molar-refractivity contribution in [2.24, 2.45) is 0 Å². The van der Waals surface area contributed by atoms with Crippen molar-refractivity contribution >= 4 is 6.03 Å². The summed E-state index contributed by atoms with van der Waals surface area (Å²) >= 11 is 0. The molecule has 0 bridgehead atoms. The van der Waals surface area contributed by atoms with Gasteiger partial charge in [0.2, 0.25) is 0 Å². The summed E-state index contributed by atoms with van der Waals surface area (Å²) in [7, 11) is 3.19. The van der Waals surface area contributed by atoms with E-state index in [9.17, 15) is 9.18 Å². The van der Waals surface area contributed by atoms with Crippen LogP contribution in [0.15, 0.2) is 24.3 Å². The maximum Gasteiger partial charge on any atom is 0.317 e. The minimum Gasteiger partial charge on any atom is -0.383 e. The zero-order chi connectivity index (χ0) is 15.5. The number of halogens is 1. The second-order valence-corrected chi connectivity index (χ2v) is 4.58. The summed E-state index contributed by atoms with van der Waals surface area (Å²) in [4.78, 5) is 13.7. The van der Waals surface area contributed by atoms with Gasteiger partial charge in [0.1, 0.15) is 5.82 Å². The van der Waals surface area contributed by atoms with E-state index in [0.717, 1.165) is 5.56 Å². The molecule has 0 radical (unpaired) electrons. The maximum atomic E-state index is 13.0. The Labute approximate surface area is 125 Å². The van der Waals surface area contributed by atoms with Crippen molar-refractivity contribution in [1.29, 1.82) is 0 Å². The second-order valence-electron chi connectivity index (χ2n) is 4.58. The largest absolute Gasteiger partial charge is 0.383 e. The molecular formula is C15H23FN2O3. The second kappa shape index (κ2) is 10.1. The maximum absolute atomic E-state index is 13.0. The number of nitrogens with one attached hydrogen (secondary N) is 1. The van der Waals surface area contributed by atoms with Gasteiger partial charge in [-0.15, -0.1) is 0 Å². The number of ether oxygens (including phenoxy) is 2. The van der Waals surface area contributed by atoms with E-state index in [1.54, 1.807) is 25.2 Å². The highest BCUT2D eigenvalue weighted by Crippen LogP contribution is 2.03. The smallest absolute Gasteiger partial charge is 0.317 e. The zero-order valence-corrected chi connectivity index (χ0v) is 12.6. The van der Waals surface area contributed by atoms with Gasteiger partial charge < -0.3 is 19.7 Å². The van der Waals surface area contributed by atoms with Gasteiger partial charge >= 0.3 is 6.03 Å². The molecule has 0 aliphatic heterocycles. The lowest BCUT2D eigenvalue weighted by molar-refractivity contribution is 0.122. The molecule has 2 amide bonds. The number of methoxy groups -OCH3 is 2. The van der Waals surface area contributed by atoms with Gasteiger partial charge in [-0.3, -0.25) is 0 Å². The predicted octanol–water partition coefficient (Wildman–Crippen LogP) is 1.67. The van der Waals surface area contributed by atoms with E-state index in [2.05, 4.69) is 5.32 Å². The summed E-state index contributed by atoms with van der Waals surface area (Å²) in [5, 5.41) is 2.82. The van der Waals surface area contributed by atoms with Crippen LogP contribution in [0.3, 0.4) is 0 Å². The predicted molar refractivity (Wildman–Crippen MR) is 78.8 cm³/mol. The lowest BCUT2D eigenvalue weighted by atomic mass is 10.1. The van der Waals surface area contributed by atoms with Crippen molar-refractivity contribution in [2.75, 3.05) is 47.1 Å². The third-order valence-corrected chi connectivity index (χ3v) is 3.00. The fraction of sp³-hybridized carbons (Fsp3) is 0.533. The summed E-state index contributed by atoms with van der Waals surface area (Å²) in [6.07, 6.45) is 0.589. The molecule has 0 aliphatic rings. The normalized spacial score (nSPS) is 10.4. The van der Waals surface area contributed by atoms with Crippen molar-refractivity contribution in [3.05, 3.63) is 35.6 Å². The Morgan fingerprint density at radius 1 is 1.24 bits per heavy atom. The Balaban J connectivity index is 2.37. The van der Waals surface area contributed by atoms with E-state index in [4.69, 9.17) is 9.47 Å². The number of carbonyl (C=O) groups excluding carboxylic acids is 1. The lowest BCUT2D eigenvalue weighted by Gasteiger charge is -2.22. The molecule has 1 aromatic rings. The number of rotatable bonds is 9. The van der Waals surface area contributed by atoms with Gasteiger partial charge in [-0.1, -0.05) is 12.1 Å². The van der Waals surface area contributed by atoms with Crippen molar-refractivity contribution in [2.45, 2.75) is 6.42 Å². The van der Waals surface area contributed by atoms with Gasteiger partial charge in [0, 0.05) is 33.9 Å². The number of amides is 2. The summed E-state index contributed by atoms with van der Waals surface area (Å²) in [5.74, 6) is -0.263. The summed E-state index contributed by atoms with van der Waals surface area (Å²) in [6.45, 7) is 2.41. The van der Waals surface area contributed by atoms with Gasteiger partial charge in [-0.25, -0.2) is 9.18 Å². The molecule has 0 fully saturated rings.